The summed E-state index contributed by atoms with van der Waals surface area (Å²) in [5.41, 5.74) is 1.55. The molecule has 1 aromatic rings. The van der Waals surface area contributed by atoms with Crippen molar-refractivity contribution < 1.29 is 9.59 Å². The van der Waals surface area contributed by atoms with E-state index in [0.717, 1.165) is 11.3 Å². The average molecular weight is 296 g/mol. The molecule has 0 atom stereocenters. The van der Waals surface area contributed by atoms with Crippen molar-refractivity contribution >= 4 is 17.5 Å². The molecule has 1 aliphatic heterocycles. The third-order valence-corrected chi connectivity index (χ3v) is 4.06. The van der Waals surface area contributed by atoms with E-state index in [4.69, 9.17) is 6.42 Å². The summed E-state index contributed by atoms with van der Waals surface area (Å²) in [5.74, 6) is 2.51. The number of benzene rings is 1. The quantitative estimate of drug-likeness (QED) is 0.633. The largest absolute Gasteiger partial charge is 0.339 e. The lowest BCUT2D eigenvalue weighted by atomic mass is 9.95. The summed E-state index contributed by atoms with van der Waals surface area (Å²) in [6.07, 6.45) is 8.07. The highest BCUT2D eigenvalue weighted by molar-refractivity contribution is 5.95. The number of hydrogen-bond acceptors (Lipinski definition) is 2. The Morgan fingerprint density at radius 1 is 1.41 bits per heavy atom. The Morgan fingerprint density at radius 3 is 2.68 bits per heavy atom. The first kappa shape index (κ1) is 15.8. The summed E-state index contributed by atoms with van der Waals surface area (Å²) >= 11 is 0. The zero-order chi connectivity index (χ0) is 16.1. The minimum absolute atomic E-state index is 0.0617. The number of terminal acetylenes is 1. The Balaban J connectivity index is 2.01. The molecule has 0 bridgehead atoms. The van der Waals surface area contributed by atoms with Crippen molar-refractivity contribution in [3.05, 3.63) is 42.5 Å². The van der Waals surface area contributed by atoms with E-state index in [0.29, 0.717) is 25.9 Å². The van der Waals surface area contributed by atoms with Crippen molar-refractivity contribution in [3.8, 4) is 12.3 Å². The van der Waals surface area contributed by atoms with Gasteiger partial charge in [-0.1, -0.05) is 18.6 Å². The van der Waals surface area contributed by atoms with Crippen LogP contribution in [-0.2, 0) is 9.59 Å². The number of piperidine rings is 1. The zero-order valence-electron chi connectivity index (χ0n) is 12.8. The minimum Gasteiger partial charge on any atom is -0.339 e. The number of amides is 2. The molecule has 2 rings (SSSR count). The number of nitrogens with zero attached hydrogens (tertiary/aromatic N) is 2. The molecule has 1 fully saturated rings. The van der Waals surface area contributed by atoms with Crippen molar-refractivity contribution in [1.29, 1.82) is 0 Å². The van der Waals surface area contributed by atoms with E-state index >= 15 is 0 Å². The van der Waals surface area contributed by atoms with Crippen LogP contribution in [0.5, 0.6) is 0 Å². The van der Waals surface area contributed by atoms with Gasteiger partial charge in [-0.2, -0.15) is 0 Å². The lowest BCUT2D eigenvalue weighted by Gasteiger charge is -2.32. The Morgan fingerprint density at radius 2 is 2.09 bits per heavy atom. The molecule has 0 aliphatic carbocycles. The van der Waals surface area contributed by atoms with Gasteiger partial charge in [0.25, 0.3) is 0 Å². The molecule has 22 heavy (non-hydrogen) atoms. The van der Waals surface area contributed by atoms with Crippen molar-refractivity contribution in [2.24, 2.45) is 5.92 Å². The highest BCUT2D eigenvalue weighted by atomic mass is 16.2. The second kappa shape index (κ2) is 6.95. The average Bonchev–Trinajstić information content (AvgIpc) is 2.59. The molecule has 4 nitrogen and oxygen atoms in total. The number of rotatable bonds is 3. The smallest absolute Gasteiger partial charge is 0.245 e. The van der Waals surface area contributed by atoms with Gasteiger partial charge in [-0.05, 0) is 37.1 Å². The third-order valence-electron chi connectivity index (χ3n) is 4.06. The predicted octanol–water partition coefficient (Wildman–Crippen LogP) is 2.06. The van der Waals surface area contributed by atoms with E-state index in [-0.39, 0.29) is 17.7 Å². The first-order chi connectivity index (χ1) is 10.6. The first-order valence-electron chi connectivity index (χ1n) is 7.32. The van der Waals surface area contributed by atoms with Gasteiger partial charge in [0.2, 0.25) is 11.8 Å². The van der Waals surface area contributed by atoms with Crippen molar-refractivity contribution in [1.82, 2.24) is 4.90 Å². The zero-order valence-corrected chi connectivity index (χ0v) is 12.8. The first-order valence-corrected chi connectivity index (χ1v) is 7.32. The second-order valence-corrected chi connectivity index (χ2v) is 5.40. The summed E-state index contributed by atoms with van der Waals surface area (Å²) < 4.78 is 0. The van der Waals surface area contributed by atoms with Gasteiger partial charge in [-0.3, -0.25) is 9.59 Å². The molecule has 0 N–H and O–H groups in total. The number of carbonyl (C=O) groups excluding carboxylic acids is 2. The van der Waals surface area contributed by atoms with Gasteiger partial charge in [-0.15, -0.1) is 6.42 Å². The maximum absolute atomic E-state index is 12.6. The van der Waals surface area contributed by atoms with Gasteiger partial charge in [0.05, 0.1) is 0 Å². The van der Waals surface area contributed by atoms with E-state index < -0.39 is 0 Å². The number of likely N-dealkylation sites (tertiary alicyclic amines) is 1. The van der Waals surface area contributed by atoms with Crippen LogP contribution in [0.2, 0.25) is 0 Å². The molecule has 114 valence electrons. The maximum Gasteiger partial charge on any atom is 0.245 e. The summed E-state index contributed by atoms with van der Waals surface area (Å²) in [6.45, 7) is 4.69. The lowest BCUT2D eigenvalue weighted by molar-refractivity contribution is -0.130. The van der Waals surface area contributed by atoms with E-state index in [1.165, 1.54) is 6.08 Å². The van der Waals surface area contributed by atoms with Crippen LogP contribution < -0.4 is 4.90 Å². The van der Waals surface area contributed by atoms with E-state index in [1.54, 1.807) is 16.8 Å². The number of hydrogen-bond donors (Lipinski definition) is 0. The molecule has 1 aliphatic rings. The summed E-state index contributed by atoms with van der Waals surface area (Å²) in [7, 11) is 1.76. The van der Waals surface area contributed by atoms with Gasteiger partial charge in [0, 0.05) is 37.3 Å². The highest BCUT2D eigenvalue weighted by Gasteiger charge is 2.28. The van der Waals surface area contributed by atoms with Crippen LogP contribution in [0.15, 0.2) is 36.9 Å². The highest BCUT2D eigenvalue weighted by Crippen LogP contribution is 2.23. The SMILES string of the molecule is C#Cc1cccc(N(C)C(=O)C2CCN(C(=O)C=C)CC2)c1. The molecule has 1 saturated heterocycles. The molecule has 0 unspecified atom stereocenters. The van der Waals surface area contributed by atoms with Crippen LogP contribution in [0.1, 0.15) is 18.4 Å². The Hall–Kier alpha value is -2.54. The van der Waals surface area contributed by atoms with Gasteiger partial charge in [0.1, 0.15) is 0 Å². The van der Waals surface area contributed by atoms with Gasteiger partial charge < -0.3 is 9.80 Å². The van der Waals surface area contributed by atoms with Crippen molar-refractivity contribution in [2.45, 2.75) is 12.8 Å². The van der Waals surface area contributed by atoms with Crippen LogP contribution >= 0.6 is 0 Å². The Labute approximate surface area is 131 Å². The summed E-state index contributed by atoms with van der Waals surface area (Å²) in [6, 6.07) is 7.38. The van der Waals surface area contributed by atoms with Crippen molar-refractivity contribution in [3.63, 3.8) is 0 Å². The molecule has 0 saturated carbocycles. The maximum atomic E-state index is 12.6. The molecule has 2 amide bonds. The second-order valence-electron chi connectivity index (χ2n) is 5.40. The molecule has 1 heterocycles. The minimum atomic E-state index is -0.0685. The lowest BCUT2D eigenvalue weighted by Crippen LogP contribution is -2.43. The third kappa shape index (κ3) is 3.37. The van der Waals surface area contributed by atoms with Crippen LogP contribution in [0, 0.1) is 18.3 Å². The normalized spacial score (nSPS) is 15.0. The molecular formula is C18H20N2O2. The van der Waals surface area contributed by atoms with E-state index in [1.807, 2.05) is 24.3 Å². The monoisotopic (exact) mass is 296 g/mol. The molecule has 1 aromatic carbocycles. The molecular weight excluding hydrogens is 276 g/mol. The predicted molar refractivity (Wildman–Crippen MR) is 87.3 cm³/mol. The molecule has 0 spiro atoms. The topological polar surface area (TPSA) is 40.6 Å². The number of carbonyl (C=O) groups is 2. The van der Waals surface area contributed by atoms with E-state index in [2.05, 4.69) is 12.5 Å². The van der Waals surface area contributed by atoms with Crippen LogP contribution in [0.25, 0.3) is 0 Å². The van der Waals surface area contributed by atoms with Gasteiger partial charge in [-0.25, -0.2) is 0 Å². The van der Waals surface area contributed by atoms with E-state index in [9.17, 15) is 9.59 Å². The standard InChI is InChI=1S/C18H20N2O2/c1-4-14-7-6-8-16(13-14)19(3)18(22)15-9-11-20(12-10-15)17(21)5-2/h1,5-8,13,15H,2,9-12H2,3H3. The fraction of sp³-hybridized carbons (Fsp3) is 0.333. The molecule has 4 heteroatoms. The summed E-state index contributed by atoms with van der Waals surface area (Å²) in [5, 5.41) is 0. The van der Waals surface area contributed by atoms with Crippen molar-refractivity contribution in [2.75, 3.05) is 25.0 Å². The fourth-order valence-corrected chi connectivity index (χ4v) is 2.68. The Kier molecular flexibility index (Phi) is 5.00. The fourth-order valence-electron chi connectivity index (χ4n) is 2.68. The summed E-state index contributed by atoms with van der Waals surface area (Å²) in [4.78, 5) is 27.5. The number of anilines is 1. The van der Waals surface area contributed by atoms with Crippen LogP contribution in [-0.4, -0.2) is 36.9 Å². The van der Waals surface area contributed by atoms with Gasteiger partial charge >= 0.3 is 0 Å². The van der Waals surface area contributed by atoms with Gasteiger partial charge in [0.15, 0.2) is 0 Å². The molecule has 0 radical (unpaired) electrons. The Bertz CT molecular complexity index is 622. The van der Waals surface area contributed by atoms with Crippen LogP contribution in [0.4, 0.5) is 5.69 Å². The van der Waals surface area contributed by atoms with Crippen LogP contribution in [0.3, 0.4) is 0 Å². The molecule has 0 aromatic heterocycles.